The Morgan fingerprint density at radius 1 is 0.850 bits per heavy atom. The molecule has 0 rings (SSSR count). The molecule has 0 spiro atoms. The number of hydrogen-bond donors (Lipinski definition) is 1. The van der Waals surface area contributed by atoms with E-state index in [0.717, 1.165) is 19.4 Å². The Morgan fingerprint density at radius 3 is 2.00 bits per heavy atom. The van der Waals surface area contributed by atoms with Crippen LogP contribution in [0.3, 0.4) is 0 Å². The minimum atomic E-state index is -0.0560. The van der Waals surface area contributed by atoms with Crippen LogP contribution in [0.1, 0.15) is 84.5 Å². The molecule has 1 atom stereocenters. The molecule has 2 nitrogen and oxygen atoms in total. The first kappa shape index (κ1) is 22.4. The van der Waals surface area contributed by atoms with E-state index in [1.54, 1.807) is 0 Å². The molecular weight excluding hydrogens is 314 g/mol. The predicted octanol–water partition coefficient (Wildman–Crippen LogP) is 5.75. The summed E-state index contributed by atoms with van der Waals surface area (Å²) in [5, 5.41) is 0. The highest BCUT2D eigenvalue weighted by Gasteiger charge is 1.97. The summed E-state index contributed by atoms with van der Waals surface area (Å²) in [7, 11) is 0. The number of allylic oxidation sites excluding steroid dienone is 2. The third-order valence-corrected chi connectivity index (χ3v) is 3.39. The zero-order valence-corrected chi connectivity index (χ0v) is 15.3. The van der Waals surface area contributed by atoms with Crippen LogP contribution in [0.2, 0.25) is 0 Å². The number of ether oxygens (including phenoxy) is 1. The van der Waals surface area contributed by atoms with E-state index >= 15 is 0 Å². The van der Waals surface area contributed by atoms with Gasteiger partial charge in [0.1, 0.15) is 6.23 Å². The van der Waals surface area contributed by atoms with Crippen LogP contribution in [0.25, 0.3) is 0 Å². The third-order valence-electron chi connectivity index (χ3n) is 3.39. The van der Waals surface area contributed by atoms with E-state index in [1.807, 2.05) is 0 Å². The van der Waals surface area contributed by atoms with Crippen LogP contribution >= 0.6 is 17.0 Å². The normalized spacial score (nSPS) is 12.6. The molecule has 2 N–H and O–H groups in total. The molecule has 0 amide bonds. The number of unbranched alkanes of at least 4 members (excludes halogenated alkanes) is 8. The van der Waals surface area contributed by atoms with Crippen molar-refractivity contribution < 1.29 is 4.74 Å². The molecule has 0 saturated heterocycles. The van der Waals surface area contributed by atoms with E-state index in [9.17, 15) is 0 Å². The van der Waals surface area contributed by atoms with Crippen molar-refractivity contribution in [3.8, 4) is 0 Å². The Hall–Kier alpha value is 0.140. The monoisotopic (exact) mass is 349 g/mol. The van der Waals surface area contributed by atoms with Gasteiger partial charge in [-0.1, -0.05) is 64.5 Å². The first-order chi connectivity index (χ1) is 9.31. The molecule has 0 aliphatic carbocycles. The van der Waals surface area contributed by atoms with E-state index in [0.29, 0.717) is 0 Å². The second-order valence-corrected chi connectivity index (χ2v) is 5.34. The van der Waals surface area contributed by atoms with Gasteiger partial charge in [-0.25, -0.2) is 0 Å². The summed E-state index contributed by atoms with van der Waals surface area (Å²) < 4.78 is 5.45. The second kappa shape index (κ2) is 19.1. The van der Waals surface area contributed by atoms with Crippen molar-refractivity contribution in [2.45, 2.75) is 90.7 Å². The summed E-state index contributed by atoms with van der Waals surface area (Å²) in [6.07, 6.45) is 18.6. The van der Waals surface area contributed by atoms with Gasteiger partial charge in [0, 0.05) is 6.61 Å². The van der Waals surface area contributed by atoms with Gasteiger partial charge in [0.25, 0.3) is 0 Å². The minimum Gasteiger partial charge on any atom is -0.364 e. The lowest BCUT2D eigenvalue weighted by molar-refractivity contribution is 0.0526. The molecule has 0 aliphatic rings. The van der Waals surface area contributed by atoms with Gasteiger partial charge in [-0.15, -0.1) is 17.0 Å². The quantitative estimate of drug-likeness (QED) is 0.246. The second-order valence-electron chi connectivity index (χ2n) is 5.34. The van der Waals surface area contributed by atoms with Crippen molar-refractivity contribution in [1.29, 1.82) is 0 Å². The van der Waals surface area contributed by atoms with Crippen LogP contribution in [0.4, 0.5) is 0 Å². The van der Waals surface area contributed by atoms with Crippen LogP contribution in [0.5, 0.6) is 0 Å². The fourth-order valence-corrected chi connectivity index (χ4v) is 1.98. The van der Waals surface area contributed by atoms with Crippen LogP contribution < -0.4 is 5.73 Å². The maximum Gasteiger partial charge on any atom is 0.105 e. The summed E-state index contributed by atoms with van der Waals surface area (Å²) in [6.45, 7) is 5.13. The maximum absolute atomic E-state index is 5.68. The third kappa shape index (κ3) is 18.1. The molecule has 0 aromatic carbocycles. The van der Waals surface area contributed by atoms with Crippen LogP contribution in [-0.4, -0.2) is 12.8 Å². The molecular formula is C17H36BrNO. The van der Waals surface area contributed by atoms with Crippen molar-refractivity contribution in [2.24, 2.45) is 5.73 Å². The largest absolute Gasteiger partial charge is 0.364 e. The Morgan fingerprint density at radius 2 is 1.40 bits per heavy atom. The van der Waals surface area contributed by atoms with Crippen molar-refractivity contribution >= 4 is 17.0 Å². The Labute approximate surface area is 137 Å². The standard InChI is InChI=1S/C17H35NO.BrH/c1-3-5-6-7-8-9-10-11-12-13-14-15-16-19-17(18)4-2;/h7-8,17H,3-6,9-16,18H2,1-2H3;1H/b8-7-;. The lowest BCUT2D eigenvalue weighted by atomic mass is 10.1. The Kier molecular flexibility index (Phi) is 21.5. The highest BCUT2D eigenvalue weighted by Crippen LogP contribution is 2.08. The SMILES string of the molecule is Br.CCCC/C=C\CCCCCCCCOC(N)CC. The van der Waals surface area contributed by atoms with E-state index in [1.165, 1.54) is 57.8 Å². The Bertz CT molecular complexity index is 197. The van der Waals surface area contributed by atoms with Gasteiger partial charge in [0.15, 0.2) is 0 Å². The fraction of sp³-hybridized carbons (Fsp3) is 0.882. The lowest BCUT2D eigenvalue weighted by Crippen LogP contribution is -2.22. The van der Waals surface area contributed by atoms with Crippen LogP contribution in [0.15, 0.2) is 12.2 Å². The number of hydrogen-bond acceptors (Lipinski definition) is 2. The van der Waals surface area contributed by atoms with Crippen molar-refractivity contribution in [2.75, 3.05) is 6.61 Å². The number of nitrogens with two attached hydrogens (primary N) is 1. The zero-order valence-electron chi connectivity index (χ0n) is 13.6. The average molecular weight is 350 g/mol. The molecule has 0 aliphatic heterocycles. The molecule has 0 radical (unpaired) electrons. The van der Waals surface area contributed by atoms with Crippen LogP contribution in [0, 0.1) is 0 Å². The highest BCUT2D eigenvalue weighted by molar-refractivity contribution is 8.93. The van der Waals surface area contributed by atoms with E-state index < -0.39 is 0 Å². The molecule has 0 aromatic rings. The highest BCUT2D eigenvalue weighted by atomic mass is 79.9. The minimum absolute atomic E-state index is 0. The molecule has 0 saturated carbocycles. The first-order valence-corrected chi connectivity index (χ1v) is 8.33. The molecule has 0 aromatic heterocycles. The van der Waals surface area contributed by atoms with Gasteiger partial charge in [0.2, 0.25) is 0 Å². The Balaban J connectivity index is 0. The summed E-state index contributed by atoms with van der Waals surface area (Å²) in [6, 6.07) is 0. The molecule has 0 heterocycles. The van der Waals surface area contributed by atoms with Gasteiger partial charge < -0.3 is 10.5 Å². The first-order valence-electron chi connectivity index (χ1n) is 8.33. The zero-order chi connectivity index (χ0) is 14.2. The topological polar surface area (TPSA) is 35.2 Å². The number of rotatable bonds is 14. The molecule has 122 valence electrons. The van der Waals surface area contributed by atoms with Gasteiger partial charge in [0.05, 0.1) is 0 Å². The smallest absolute Gasteiger partial charge is 0.105 e. The van der Waals surface area contributed by atoms with Crippen molar-refractivity contribution in [1.82, 2.24) is 0 Å². The summed E-state index contributed by atoms with van der Waals surface area (Å²) in [5.74, 6) is 0. The maximum atomic E-state index is 5.68. The molecule has 3 heteroatoms. The van der Waals surface area contributed by atoms with Crippen LogP contribution in [-0.2, 0) is 4.74 Å². The summed E-state index contributed by atoms with van der Waals surface area (Å²) in [5.41, 5.74) is 5.68. The molecule has 1 unspecified atom stereocenters. The molecule has 0 bridgehead atoms. The van der Waals surface area contributed by atoms with Gasteiger partial charge >= 0.3 is 0 Å². The van der Waals surface area contributed by atoms with Crippen molar-refractivity contribution in [3.05, 3.63) is 12.2 Å². The summed E-state index contributed by atoms with van der Waals surface area (Å²) >= 11 is 0. The van der Waals surface area contributed by atoms with Gasteiger partial charge in [-0.3, -0.25) is 0 Å². The molecule has 0 fully saturated rings. The molecule has 20 heavy (non-hydrogen) atoms. The van der Waals surface area contributed by atoms with Crippen molar-refractivity contribution in [3.63, 3.8) is 0 Å². The average Bonchev–Trinajstić information content (AvgIpc) is 2.43. The summed E-state index contributed by atoms with van der Waals surface area (Å²) in [4.78, 5) is 0. The number of halogens is 1. The lowest BCUT2D eigenvalue weighted by Gasteiger charge is -2.09. The van der Waals surface area contributed by atoms with E-state index in [-0.39, 0.29) is 23.2 Å². The van der Waals surface area contributed by atoms with E-state index in [2.05, 4.69) is 26.0 Å². The van der Waals surface area contributed by atoms with Gasteiger partial charge in [-0.05, 0) is 32.1 Å². The van der Waals surface area contributed by atoms with Gasteiger partial charge in [-0.2, -0.15) is 0 Å². The predicted molar refractivity (Wildman–Crippen MR) is 95.5 cm³/mol. The van der Waals surface area contributed by atoms with E-state index in [4.69, 9.17) is 10.5 Å². The fourth-order valence-electron chi connectivity index (χ4n) is 1.98.